The third-order valence-electron chi connectivity index (χ3n) is 4.67. The molecule has 3 rings (SSSR count). The average Bonchev–Trinajstić information content (AvgIpc) is 3.14. The van der Waals surface area contributed by atoms with Crippen molar-refractivity contribution in [2.75, 3.05) is 13.2 Å². The summed E-state index contributed by atoms with van der Waals surface area (Å²) in [7, 11) is 0. The van der Waals surface area contributed by atoms with E-state index in [0.717, 1.165) is 24.8 Å². The Labute approximate surface area is 165 Å². The summed E-state index contributed by atoms with van der Waals surface area (Å²) in [6.07, 6.45) is 5.55. The zero-order chi connectivity index (χ0) is 19.6. The van der Waals surface area contributed by atoms with Crippen LogP contribution in [0.5, 0.6) is 0 Å². The first-order valence-corrected chi connectivity index (χ1v) is 9.73. The zero-order valence-electron chi connectivity index (χ0n) is 15.9. The minimum atomic E-state index is -0.334. The number of aryl methyl sites for hydroxylation is 2. The van der Waals surface area contributed by atoms with E-state index in [1.807, 2.05) is 42.6 Å². The number of aromatic amines is 1. The maximum absolute atomic E-state index is 11.8. The number of amides is 1. The van der Waals surface area contributed by atoms with Crippen molar-refractivity contribution >= 4 is 22.8 Å². The second-order valence-corrected chi connectivity index (χ2v) is 6.81. The van der Waals surface area contributed by atoms with E-state index >= 15 is 0 Å². The number of carbonyl (C=O) groups is 2. The molecule has 0 saturated heterocycles. The average molecular weight is 378 g/mol. The first-order chi connectivity index (χ1) is 13.7. The van der Waals surface area contributed by atoms with Crippen molar-refractivity contribution in [3.8, 4) is 0 Å². The fourth-order valence-corrected chi connectivity index (χ4v) is 3.20. The molecule has 3 aromatic rings. The van der Waals surface area contributed by atoms with Gasteiger partial charge >= 0.3 is 5.97 Å². The van der Waals surface area contributed by atoms with Gasteiger partial charge in [-0.1, -0.05) is 48.5 Å². The van der Waals surface area contributed by atoms with E-state index in [2.05, 4.69) is 28.5 Å². The molecular formula is C23H26N2O3. The predicted molar refractivity (Wildman–Crippen MR) is 110 cm³/mol. The highest BCUT2D eigenvalue weighted by Gasteiger charge is 2.09. The van der Waals surface area contributed by atoms with Crippen LogP contribution in [0, 0.1) is 0 Å². The number of benzene rings is 2. The lowest BCUT2D eigenvalue weighted by atomic mass is 10.1. The molecule has 0 atom stereocenters. The van der Waals surface area contributed by atoms with Gasteiger partial charge in [0.05, 0.1) is 0 Å². The van der Waals surface area contributed by atoms with Crippen LogP contribution >= 0.6 is 0 Å². The van der Waals surface area contributed by atoms with Crippen molar-refractivity contribution in [3.05, 3.63) is 71.9 Å². The molecule has 1 heterocycles. The van der Waals surface area contributed by atoms with Gasteiger partial charge in [-0.15, -0.1) is 0 Å². The molecule has 0 radical (unpaired) electrons. The molecule has 0 aliphatic carbocycles. The summed E-state index contributed by atoms with van der Waals surface area (Å²) in [6, 6.07) is 18.2. The van der Waals surface area contributed by atoms with E-state index in [-0.39, 0.29) is 18.5 Å². The van der Waals surface area contributed by atoms with Gasteiger partial charge < -0.3 is 15.0 Å². The Morgan fingerprint density at radius 1 is 0.929 bits per heavy atom. The number of rotatable bonds is 10. The SMILES string of the molecule is O=C(COC(=O)CCCc1c[nH]c2ccccc12)NCCCc1ccccc1. The highest BCUT2D eigenvalue weighted by atomic mass is 16.5. The van der Waals surface area contributed by atoms with E-state index in [1.165, 1.54) is 16.5 Å². The number of fused-ring (bicyclic) bond motifs is 1. The molecule has 1 amide bonds. The maximum Gasteiger partial charge on any atom is 0.306 e. The Bertz CT molecular complexity index is 902. The molecule has 0 bridgehead atoms. The van der Waals surface area contributed by atoms with Crippen LogP contribution in [-0.2, 0) is 27.2 Å². The minimum absolute atomic E-state index is 0.211. The van der Waals surface area contributed by atoms with Gasteiger partial charge in [0, 0.05) is 30.1 Å². The maximum atomic E-state index is 11.8. The summed E-state index contributed by atoms with van der Waals surface area (Å²) in [5.74, 6) is -0.586. The summed E-state index contributed by atoms with van der Waals surface area (Å²) < 4.78 is 5.07. The van der Waals surface area contributed by atoms with Gasteiger partial charge in [-0.3, -0.25) is 9.59 Å². The second kappa shape index (κ2) is 10.3. The molecule has 28 heavy (non-hydrogen) atoms. The third-order valence-corrected chi connectivity index (χ3v) is 4.67. The van der Waals surface area contributed by atoms with Gasteiger partial charge in [0.15, 0.2) is 6.61 Å². The number of ether oxygens (including phenoxy) is 1. The highest BCUT2D eigenvalue weighted by Crippen LogP contribution is 2.19. The number of aromatic nitrogens is 1. The number of hydrogen-bond donors (Lipinski definition) is 2. The summed E-state index contributed by atoms with van der Waals surface area (Å²) in [4.78, 5) is 26.8. The van der Waals surface area contributed by atoms with Crippen molar-refractivity contribution in [1.29, 1.82) is 0 Å². The summed E-state index contributed by atoms with van der Waals surface area (Å²) in [5, 5.41) is 3.97. The van der Waals surface area contributed by atoms with Crippen molar-refractivity contribution < 1.29 is 14.3 Å². The fraction of sp³-hybridized carbons (Fsp3) is 0.304. The van der Waals surface area contributed by atoms with Crippen LogP contribution in [0.25, 0.3) is 10.9 Å². The molecule has 146 valence electrons. The van der Waals surface area contributed by atoms with E-state index in [1.54, 1.807) is 0 Å². The number of para-hydroxylation sites is 1. The van der Waals surface area contributed by atoms with Gasteiger partial charge in [-0.25, -0.2) is 0 Å². The predicted octanol–water partition coefficient (Wildman–Crippen LogP) is 3.78. The monoisotopic (exact) mass is 378 g/mol. The largest absolute Gasteiger partial charge is 0.456 e. The van der Waals surface area contributed by atoms with Crippen LogP contribution in [0.4, 0.5) is 0 Å². The lowest BCUT2D eigenvalue weighted by Crippen LogP contribution is -2.29. The number of carbonyl (C=O) groups excluding carboxylic acids is 2. The van der Waals surface area contributed by atoms with Crippen LogP contribution in [0.1, 0.15) is 30.4 Å². The fourth-order valence-electron chi connectivity index (χ4n) is 3.20. The third kappa shape index (κ3) is 5.98. The summed E-state index contributed by atoms with van der Waals surface area (Å²) >= 11 is 0. The molecule has 5 heteroatoms. The van der Waals surface area contributed by atoms with Crippen LogP contribution in [0.3, 0.4) is 0 Å². The van der Waals surface area contributed by atoms with Gasteiger partial charge in [0.25, 0.3) is 5.91 Å². The Morgan fingerprint density at radius 3 is 2.57 bits per heavy atom. The molecule has 1 aromatic heterocycles. The van der Waals surface area contributed by atoms with E-state index in [0.29, 0.717) is 19.4 Å². The van der Waals surface area contributed by atoms with Crippen LogP contribution < -0.4 is 5.32 Å². The van der Waals surface area contributed by atoms with Crippen LogP contribution in [0.2, 0.25) is 0 Å². The number of H-pyrrole nitrogens is 1. The molecule has 0 unspecified atom stereocenters. The van der Waals surface area contributed by atoms with Gasteiger partial charge in [-0.2, -0.15) is 0 Å². The lowest BCUT2D eigenvalue weighted by molar-refractivity contribution is -0.148. The summed E-state index contributed by atoms with van der Waals surface area (Å²) in [5.41, 5.74) is 3.54. The molecule has 0 saturated carbocycles. The number of nitrogens with one attached hydrogen (secondary N) is 2. The highest BCUT2D eigenvalue weighted by molar-refractivity contribution is 5.83. The Hall–Kier alpha value is -3.08. The molecule has 5 nitrogen and oxygen atoms in total. The smallest absolute Gasteiger partial charge is 0.306 e. The first kappa shape index (κ1) is 19.7. The number of hydrogen-bond acceptors (Lipinski definition) is 3. The molecule has 0 aliphatic rings. The minimum Gasteiger partial charge on any atom is -0.456 e. The number of esters is 1. The molecule has 2 aromatic carbocycles. The van der Waals surface area contributed by atoms with E-state index in [4.69, 9.17) is 4.74 Å². The normalized spacial score (nSPS) is 10.7. The van der Waals surface area contributed by atoms with Crippen molar-refractivity contribution in [2.24, 2.45) is 0 Å². The Kier molecular flexibility index (Phi) is 7.24. The van der Waals surface area contributed by atoms with Crippen LogP contribution in [-0.4, -0.2) is 30.0 Å². The molecule has 0 fully saturated rings. The van der Waals surface area contributed by atoms with Crippen molar-refractivity contribution in [1.82, 2.24) is 10.3 Å². The van der Waals surface area contributed by atoms with Crippen LogP contribution in [0.15, 0.2) is 60.8 Å². The molecule has 0 spiro atoms. The van der Waals surface area contributed by atoms with Gasteiger partial charge in [0.2, 0.25) is 0 Å². The molecule has 2 N–H and O–H groups in total. The first-order valence-electron chi connectivity index (χ1n) is 9.73. The Morgan fingerprint density at radius 2 is 1.71 bits per heavy atom. The standard InChI is InChI=1S/C23H26N2O3/c26-22(24-15-7-10-18-8-2-1-3-9-18)17-28-23(27)14-6-11-19-16-25-21-13-5-4-12-20(19)21/h1-5,8-9,12-13,16,25H,6-7,10-11,14-15,17H2,(H,24,26). The van der Waals surface area contributed by atoms with Crippen molar-refractivity contribution in [2.45, 2.75) is 32.1 Å². The zero-order valence-corrected chi connectivity index (χ0v) is 15.9. The van der Waals surface area contributed by atoms with E-state index < -0.39 is 0 Å². The second-order valence-electron chi connectivity index (χ2n) is 6.81. The Balaban J connectivity index is 1.27. The lowest BCUT2D eigenvalue weighted by Gasteiger charge is -2.07. The molecule has 0 aliphatic heterocycles. The summed E-state index contributed by atoms with van der Waals surface area (Å²) in [6.45, 7) is 0.364. The topological polar surface area (TPSA) is 71.2 Å². The van der Waals surface area contributed by atoms with Gasteiger partial charge in [-0.05, 0) is 42.9 Å². The van der Waals surface area contributed by atoms with E-state index in [9.17, 15) is 9.59 Å². The molecular weight excluding hydrogens is 352 g/mol. The van der Waals surface area contributed by atoms with Gasteiger partial charge in [0.1, 0.15) is 0 Å². The quantitative estimate of drug-likeness (QED) is 0.417. The van der Waals surface area contributed by atoms with Crippen molar-refractivity contribution in [3.63, 3.8) is 0 Å².